The molecule has 0 radical (unpaired) electrons. The predicted octanol–water partition coefficient (Wildman–Crippen LogP) is 3.20. The third-order valence-corrected chi connectivity index (χ3v) is 4.52. The van der Waals surface area contributed by atoms with Gasteiger partial charge in [-0.3, -0.25) is 4.90 Å². The number of para-hydroxylation sites is 1. The van der Waals surface area contributed by atoms with Crippen molar-refractivity contribution in [3.63, 3.8) is 0 Å². The average molecular weight is 292 g/mol. The first-order chi connectivity index (χ1) is 9.63. The number of aromatic nitrogens is 1. The molecule has 108 valence electrons. The molecule has 1 aliphatic heterocycles. The Morgan fingerprint density at radius 1 is 1.35 bits per heavy atom. The van der Waals surface area contributed by atoms with Crippen LogP contribution in [0.3, 0.4) is 0 Å². The summed E-state index contributed by atoms with van der Waals surface area (Å²) >= 11 is 6.49. The molecule has 1 aliphatic rings. The van der Waals surface area contributed by atoms with Crippen LogP contribution in [0.2, 0.25) is 5.02 Å². The highest BCUT2D eigenvalue weighted by molar-refractivity contribution is 6.36. The van der Waals surface area contributed by atoms with Gasteiger partial charge in [0.25, 0.3) is 0 Å². The number of aromatic amines is 1. The Morgan fingerprint density at radius 2 is 2.15 bits per heavy atom. The zero-order valence-electron chi connectivity index (χ0n) is 12.2. The van der Waals surface area contributed by atoms with Gasteiger partial charge in [0.2, 0.25) is 0 Å². The van der Waals surface area contributed by atoms with Crippen LogP contribution in [-0.4, -0.2) is 48.5 Å². The number of fused-ring (bicyclic) bond motifs is 1. The number of likely N-dealkylation sites (tertiary alicyclic amines) is 1. The second-order valence-corrected chi connectivity index (χ2v) is 6.49. The van der Waals surface area contributed by atoms with Crippen molar-refractivity contribution in [1.29, 1.82) is 0 Å². The number of nitrogens with one attached hydrogen (secondary N) is 1. The van der Waals surface area contributed by atoms with Gasteiger partial charge in [0.15, 0.2) is 0 Å². The molecule has 1 aromatic heterocycles. The molecule has 0 saturated carbocycles. The van der Waals surface area contributed by atoms with Gasteiger partial charge in [0.1, 0.15) is 0 Å². The molecule has 1 fully saturated rings. The van der Waals surface area contributed by atoms with Crippen molar-refractivity contribution in [3.8, 4) is 0 Å². The molecule has 0 bridgehead atoms. The molecule has 1 N–H and O–H groups in total. The highest BCUT2D eigenvalue weighted by Gasteiger charge is 2.24. The summed E-state index contributed by atoms with van der Waals surface area (Å²) in [5.41, 5.74) is 2.29. The maximum absolute atomic E-state index is 6.49. The number of H-pyrrole nitrogens is 1. The van der Waals surface area contributed by atoms with E-state index in [1.165, 1.54) is 26.1 Å². The summed E-state index contributed by atoms with van der Waals surface area (Å²) in [6, 6.07) is 8.25. The summed E-state index contributed by atoms with van der Waals surface area (Å²) in [7, 11) is 4.30. The molecule has 1 aromatic carbocycles. The fourth-order valence-corrected chi connectivity index (χ4v) is 3.49. The van der Waals surface area contributed by atoms with Gasteiger partial charge in [-0.15, -0.1) is 0 Å². The Balaban J connectivity index is 1.70. The molecule has 1 atom stereocenters. The number of hydrogen-bond acceptors (Lipinski definition) is 2. The molecule has 0 unspecified atom stereocenters. The Hall–Kier alpha value is -1.03. The van der Waals surface area contributed by atoms with Crippen LogP contribution in [0.5, 0.6) is 0 Å². The summed E-state index contributed by atoms with van der Waals surface area (Å²) in [4.78, 5) is 8.25. The first kappa shape index (κ1) is 13.9. The molecule has 0 aliphatic carbocycles. The molecule has 3 rings (SSSR count). The molecule has 2 aromatic rings. The summed E-state index contributed by atoms with van der Waals surface area (Å²) in [5.74, 6) is 0.785. The number of hydrogen-bond donors (Lipinski definition) is 1. The molecule has 20 heavy (non-hydrogen) atoms. The summed E-state index contributed by atoms with van der Waals surface area (Å²) in [5, 5.41) is 2.02. The number of halogens is 1. The van der Waals surface area contributed by atoms with E-state index in [4.69, 9.17) is 11.6 Å². The highest BCUT2D eigenvalue weighted by atomic mass is 35.5. The van der Waals surface area contributed by atoms with E-state index in [0.717, 1.165) is 34.1 Å². The fraction of sp³-hybridized carbons (Fsp3) is 0.500. The predicted molar refractivity (Wildman–Crippen MR) is 85.2 cm³/mol. The van der Waals surface area contributed by atoms with Crippen molar-refractivity contribution in [1.82, 2.24) is 14.8 Å². The summed E-state index contributed by atoms with van der Waals surface area (Å²) in [6.07, 6.45) is 1.29. The van der Waals surface area contributed by atoms with E-state index in [1.54, 1.807) is 0 Å². The lowest BCUT2D eigenvalue weighted by Crippen LogP contribution is -2.25. The van der Waals surface area contributed by atoms with Gasteiger partial charge >= 0.3 is 0 Å². The van der Waals surface area contributed by atoms with Crippen LogP contribution in [0, 0.1) is 5.92 Å². The summed E-state index contributed by atoms with van der Waals surface area (Å²) < 4.78 is 0. The average Bonchev–Trinajstić information content (AvgIpc) is 2.96. The Bertz CT molecular complexity index is 590. The minimum Gasteiger partial charge on any atom is -0.356 e. The minimum atomic E-state index is 0.785. The lowest BCUT2D eigenvalue weighted by Gasteiger charge is -2.18. The second kappa shape index (κ2) is 5.76. The second-order valence-electron chi connectivity index (χ2n) is 6.12. The maximum Gasteiger partial charge on any atom is 0.0705 e. The van der Waals surface area contributed by atoms with Crippen molar-refractivity contribution >= 4 is 22.5 Å². The highest BCUT2D eigenvalue weighted by Crippen LogP contribution is 2.29. The van der Waals surface area contributed by atoms with Crippen molar-refractivity contribution in [2.24, 2.45) is 5.92 Å². The molecule has 0 amide bonds. The minimum absolute atomic E-state index is 0.785. The van der Waals surface area contributed by atoms with E-state index >= 15 is 0 Å². The monoisotopic (exact) mass is 291 g/mol. The third kappa shape index (κ3) is 2.85. The van der Waals surface area contributed by atoms with Gasteiger partial charge in [-0.2, -0.15) is 0 Å². The largest absolute Gasteiger partial charge is 0.356 e. The molecule has 2 heterocycles. The number of rotatable bonds is 4. The molecular formula is C16H22ClN3. The molecular weight excluding hydrogens is 270 g/mol. The Labute approximate surface area is 125 Å². The molecule has 3 nitrogen and oxygen atoms in total. The van der Waals surface area contributed by atoms with E-state index in [-0.39, 0.29) is 0 Å². The zero-order valence-corrected chi connectivity index (χ0v) is 13.0. The van der Waals surface area contributed by atoms with Gasteiger partial charge in [0, 0.05) is 36.2 Å². The van der Waals surface area contributed by atoms with Gasteiger partial charge in [-0.05, 0) is 39.0 Å². The van der Waals surface area contributed by atoms with Crippen LogP contribution in [0.25, 0.3) is 10.9 Å². The van der Waals surface area contributed by atoms with Gasteiger partial charge in [-0.1, -0.05) is 29.8 Å². The molecule has 4 heteroatoms. The van der Waals surface area contributed by atoms with Crippen molar-refractivity contribution in [2.75, 3.05) is 33.7 Å². The van der Waals surface area contributed by atoms with Crippen LogP contribution in [-0.2, 0) is 6.54 Å². The first-order valence-corrected chi connectivity index (χ1v) is 7.63. The molecule has 0 spiro atoms. The van der Waals surface area contributed by atoms with E-state index in [2.05, 4.69) is 41.0 Å². The van der Waals surface area contributed by atoms with Crippen LogP contribution in [0.4, 0.5) is 0 Å². The maximum atomic E-state index is 6.49. The lowest BCUT2D eigenvalue weighted by atomic mass is 10.1. The third-order valence-electron chi connectivity index (χ3n) is 4.09. The van der Waals surface area contributed by atoms with Gasteiger partial charge in [-0.25, -0.2) is 0 Å². The topological polar surface area (TPSA) is 22.3 Å². The molecule has 1 saturated heterocycles. The SMILES string of the molecule is CN(C)C[C@H]1CCN(Cc2[nH]c3ccccc3c2Cl)C1. The van der Waals surface area contributed by atoms with Crippen LogP contribution < -0.4 is 0 Å². The number of benzene rings is 1. The van der Waals surface area contributed by atoms with Gasteiger partial charge < -0.3 is 9.88 Å². The van der Waals surface area contributed by atoms with Crippen molar-refractivity contribution in [3.05, 3.63) is 35.0 Å². The van der Waals surface area contributed by atoms with E-state index in [1.807, 2.05) is 12.1 Å². The normalized spacial score (nSPS) is 20.3. The van der Waals surface area contributed by atoms with Gasteiger partial charge in [0.05, 0.1) is 5.02 Å². The van der Waals surface area contributed by atoms with Crippen LogP contribution in [0.1, 0.15) is 12.1 Å². The standard InChI is InChI=1S/C16H22ClN3/c1-19(2)9-12-7-8-20(10-12)11-15-16(17)13-5-3-4-6-14(13)18-15/h3-6,12,18H,7-11H2,1-2H3/t12-/m1/s1. The number of nitrogens with zero attached hydrogens (tertiary/aromatic N) is 2. The smallest absolute Gasteiger partial charge is 0.0705 e. The van der Waals surface area contributed by atoms with Crippen LogP contribution >= 0.6 is 11.6 Å². The summed E-state index contributed by atoms with van der Waals surface area (Å²) in [6.45, 7) is 4.45. The van der Waals surface area contributed by atoms with E-state index in [9.17, 15) is 0 Å². The fourth-order valence-electron chi connectivity index (χ4n) is 3.22. The van der Waals surface area contributed by atoms with Crippen molar-refractivity contribution < 1.29 is 0 Å². The lowest BCUT2D eigenvalue weighted by molar-refractivity contribution is 0.284. The first-order valence-electron chi connectivity index (χ1n) is 7.25. The van der Waals surface area contributed by atoms with E-state index in [0.29, 0.717) is 0 Å². The van der Waals surface area contributed by atoms with Crippen LogP contribution in [0.15, 0.2) is 24.3 Å². The van der Waals surface area contributed by atoms with E-state index < -0.39 is 0 Å². The zero-order chi connectivity index (χ0) is 14.1. The Morgan fingerprint density at radius 3 is 2.90 bits per heavy atom. The quantitative estimate of drug-likeness (QED) is 0.934. The van der Waals surface area contributed by atoms with Crippen molar-refractivity contribution in [2.45, 2.75) is 13.0 Å². The Kier molecular flexibility index (Phi) is 4.01.